The normalized spacial score (nSPS) is 17.8. The molecule has 146 valence electrons. The van der Waals surface area contributed by atoms with Gasteiger partial charge in [-0.15, -0.1) is 0 Å². The molecule has 1 saturated heterocycles. The number of nitrogens with zero attached hydrogens (tertiary/aromatic N) is 4. The number of likely N-dealkylation sites (tertiary alicyclic amines) is 1. The van der Waals surface area contributed by atoms with Crippen LogP contribution >= 0.6 is 0 Å². The van der Waals surface area contributed by atoms with Gasteiger partial charge < -0.3 is 14.9 Å². The highest BCUT2D eigenvalue weighted by Crippen LogP contribution is 2.32. The number of piperidine rings is 1. The van der Waals surface area contributed by atoms with Crippen LogP contribution in [0.2, 0.25) is 0 Å². The molecule has 2 aromatic carbocycles. The summed E-state index contributed by atoms with van der Waals surface area (Å²) in [6, 6.07) is 14.1. The van der Waals surface area contributed by atoms with Crippen molar-refractivity contribution in [3.05, 3.63) is 48.0 Å². The lowest BCUT2D eigenvalue weighted by Crippen LogP contribution is -2.44. The number of para-hydroxylation sites is 1. The van der Waals surface area contributed by atoms with Gasteiger partial charge >= 0.3 is 0 Å². The Kier molecular flexibility index (Phi) is 5.18. The number of phenolic OH excluding ortho intramolecular Hbond substituents is 1. The Hall–Kier alpha value is -2.66. The smallest absolute Gasteiger partial charge is 0.165 e. The van der Waals surface area contributed by atoms with Crippen molar-refractivity contribution in [1.29, 1.82) is 0 Å². The summed E-state index contributed by atoms with van der Waals surface area (Å²) < 4.78 is 0. The van der Waals surface area contributed by atoms with Gasteiger partial charge in [0.15, 0.2) is 5.82 Å². The van der Waals surface area contributed by atoms with E-state index in [1.54, 1.807) is 6.07 Å². The van der Waals surface area contributed by atoms with Crippen molar-refractivity contribution >= 4 is 16.7 Å². The number of aromatic nitrogens is 2. The highest BCUT2D eigenvalue weighted by atomic mass is 16.3. The fourth-order valence-electron chi connectivity index (χ4n) is 4.07. The lowest BCUT2D eigenvalue weighted by atomic mass is 10.0. The third kappa shape index (κ3) is 3.67. The number of fused-ring (bicyclic) bond motifs is 1. The number of aryl methyl sites for hydroxylation is 1. The second-order valence-electron chi connectivity index (χ2n) is 7.92. The zero-order chi connectivity index (χ0) is 19.7. The molecule has 0 radical (unpaired) electrons. The van der Waals surface area contributed by atoms with E-state index in [1.165, 1.54) is 19.3 Å². The first kappa shape index (κ1) is 18.7. The number of hydrogen-bond acceptors (Lipinski definition) is 5. The van der Waals surface area contributed by atoms with Crippen LogP contribution in [0.4, 0.5) is 5.82 Å². The third-order valence-electron chi connectivity index (χ3n) is 5.74. The Bertz CT molecular complexity index is 987. The van der Waals surface area contributed by atoms with Crippen molar-refractivity contribution < 1.29 is 5.11 Å². The molecule has 1 fully saturated rings. The van der Waals surface area contributed by atoms with E-state index in [9.17, 15) is 5.11 Å². The SMILES string of the molecule is Cc1ccc2c(N(C)CC3CCCCN3C)nc(-c3ccccc3O)nc2c1. The van der Waals surface area contributed by atoms with Crippen LogP contribution in [0.5, 0.6) is 5.75 Å². The molecule has 1 N–H and O–H groups in total. The Morgan fingerprint density at radius 2 is 1.96 bits per heavy atom. The average molecular weight is 377 g/mol. The number of rotatable bonds is 4. The van der Waals surface area contributed by atoms with Crippen LogP contribution in [0.25, 0.3) is 22.3 Å². The van der Waals surface area contributed by atoms with Crippen molar-refractivity contribution in [1.82, 2.24) is 14.9 Å². The van der Waals surface area contributed by atoms with Crippen molar-refractivity contribution in [3.63, 3.8) is 0 Å². The molecule has 0 spiro atoms. The maximum absolute atomic E-state index is 10.3. The van der Waals surface area contributed by atoms with Crippen molar-refractivity contribution in [2.45, 2.75) is 32.2 Å². The minimum absolute atomic E-state index is 0.204. The van der Waals surface area contributed by atoms with E-state index in [1.807, 2.05) is 18.2 Å². The van der Waals surface area contributed by atoms with E-state index in [4.69, 9.17) is 9.97 Å². The standard InChI is InChI=1S/C23H28N4O/c1-16-11-12-18-20(14-16)24-22(19-9-4-5-10-21(19)28)25-23(18)27(3)15-17-8-6-7-13-26(17)2/h4-5,9-12,14,17,28H,6-8,13,15H2,1-3H3. The topological polar surface area (TPSA) is 52.5 Å². The summed E-state index contributed by atoms with van der Waals surface area (Å²) in [5.74, 6) is 1.69. The van der Waals surface area contributed by atoms with Crippen LogP contribution in [0.3, 0.4) is 0 Å². The number of hydrogen-bond donors (Lipinski definition) is 1. The lowest BCUT2D eigenvalue weighted by Gasteiger charge is -2.35. The maximum Gasteiger partial charge on any atom is 0.165 e. The molecule has 28 heavy (non-hydrogen) atoms. The van der Waals surface area contributed by atoms with Gasteiger partial charge in [-0.2, -0.15) is 0 Å². The molecule has 0 bridgehead atoms. The molecule has 0 saturated carbocycles. The predicted molar refractivity (Wildman–Crippen MR) is 115 cm³/mol. The van der Waals surface area contributed by atoms with E-state index in [-0.39, 0.29) is 5.75 Å². The van der Waals surface area contributed by atoms with Crippen molar-refractivity contribution in [3.8, 4) is 17.1 Å². The monoisotopic (exact) mass is 376 g/mol. The molecular formula is C23H28N4O. The molecule has 5 nitrogen and oxygen atoms in total. The first-order valence-electron chi connectivity index (χ1n) is 10.0. The van der Waals surface area contributed by atoms with E-state index < -0.39 is 0 Å². The van der Waals surface area contributed by atoms with Gasteiger partial charge in [-0.1, -0.05) is 24.6 Å². The van der Waals surface area contributed by atoms with Crippen LogP contribution in [-0.2, 0) is 0 Å². The van der Waals surface area contributed by atoms with Crippen LogP contribution in [0.1, 0.15) is 24.8 Å². The van der Waals surface area contributed by atoms with Gasteiger partial charge in [-0.05, 0) is 63.2 Å². The van der Waals surface area contributed by atoms with Gasteiger partial charge in [-0.25, -0.2) is 9.97 Å². The average Bonchev–Trinajstić information content (AvgIpc) is 2.69. The zero-order valence-electron chi connectivity index (χ0n) is 16.9. The van der Waals surface area contributed by atoms with E-state index in [0.29, 0.717) is 17.4 Å². The molecule has 1 aliphatic rings. The highest BCUT2D eigenvalue weighted by molar-refractivity contribution is 5.91. The minimum Gasteiger partial charge on any atom is -0.507 e. The molecule has 3 aromatic rings. The van der Waals surface area contributed by atoms with Crippen molar-refractivity contribution in [2.24, 2.45) is 0 Å². The van der Waals surface area contributed by atoms with Gasteiger partial charge in [0, 0.05) is 25.0 Å². The summed E-state index contributed by atoms with van der Waals surface area (Å²) in [4.78, 5) is 14.4. The van der Waals surface area contributed by atoms with Gasteiger partial charge in [0.2, 0.25) is 0 Å². The summed E-state index contributed by atoms with van der Waals surface area (Å²) in [6.45, 7) is 4.16. The highest BCUT2D eigenvalue weighted by Gasteiger charge is 2.22. The summed E-state index contributed by atoms with van der Waals surface area (Å²) in [5.41, 5.74) is 2.73. The molecule has 1 unspecified atom stereocenters. The molecule has 2 heterocycles. The van der Waals surface area contributed by atoms with E-state index in [0.717, 1.165) is 35.4 Å². The first-order valence-corrected chi connectivity index (χ1v) is 10.0. The molecule has 0 aliphatic carbocycles. The number of benzene rings is 2. The van der Waals surface area contributed by atoms with Crippen LogP contribution in [-0.4, -0.2) is 53.2 Å². The molecular weight excluding hydrogens is 348 g/mol. The summed E-state index contributed by atoms with van der Waals surface area (Å²) in [7, 11) is 4.32. The second kappa shape index (κ2) is 7.76. The first-order chi connectivity index (χ1) is 13.5. The summed E-state index contributed by atoms with van der Waals surface area (Å²) in [6.07, 6.45) is 3.79. The Morgan fingerprint density at radius 3 is 2.75 bits per heavy atom. The molecule has 1 aliphatic heterocycles. The predicted octanol–water partition coefficient (Wildman–Crippen LogP) is 4.23. The zero-order valence-corrected chi connectivity index (χ0v) is 16.9. The Morgan fingerprint density at radius 1 is 1.14 bits per heavy atom. The van der Waals surface area contributed by atoms with Crippen LogP contribution < -0.4 is 4.90 Å². The third-order valence-corrected chi connectivity index (χ3v) is 5.74. The fraction of sp³-hybridized carbons (Fsp3) is 0.391. The molecule has 0 amide bonds. The molecule has 1 aromatic heterocycles. The van der Waals surface area contributed by atoms with Crippen LogP contribution in [0, 0.1) is 6.92 Å². The number of aromatic hydroxyl groups is 1. The van der Waals surface area contributed by atoms with Gasteiger partial charge in [-0.3, -0.25) is 0 Å². The van der Waals surface area contributed by atoms with E-state index in [2.05, 4.69) is 49.0 Å². The quantitative estimate of drug-likeness (QED) is 0.738. The molecule has 1 atom stereocenters. The van der Waals surface area contributed by atoms with Crippen LogP contribution in [0.15, 0.2) is 42.5 Å². The second-order valence-corrected chi connectivity index (χ2v) is 7.92. The fourth-order valence-corrected chi connectivity index (χ4v) is 4.07. The Balaban J connectivity index is 1.78. The minimum atomic E-state index is 0.204. The van der Waals surface area contributed by atoms with Gasteiger partial charge in [0.1, 0.15) is 11.6 Å². The summed E-state index contributed by atoms with van der Waals surface area (Å²) >= 11 is 0. The largest absolute Gasteiger partial charge is 0.507 e. The van der Waals surface area contributed by atoms with Gasteiger partial charge in [0.05, 0.1) is 11.1 Å². The number of anilines is 1. The van der Waals surface area contributed by atoms with Gasteiger partial charge in [0.25, 0.3) is 0 Å². The van der Waals surface area contributed by atoms with Crippen molar-refractivity contribution in [2.75, 3.05) is 32.1 Å². The number of likely N-dealkylation sites (N-methyl/N-ethyl adjacent to an activating group) is 2. The van der Waals surface area contributed by atoms with E-state index >= 15 is 0 Å². The Labute approximate surface area is 166 Å². The molecule has 4 rings (SSSR count). The molecule has 5 heteroatoms. The summed E-state index contributed by atoms with van der Waals surface area (Å²) in [5, 5.41) is 11.4. The maximum atomic E-state index is 10.3. The lowest BCUT2D eigenvalue weighted by molar-refractivity contribution is 0.189. The number of phenols is 1.